The fraction of sp³-hybridized carbons (Fsp3) is 0.176. The van der Waals surface area contributed by atoms with Crippen LogP contribution in [-0.4, -0.2) is 30.6 Å². The summed E-state index contributed by atoms with van der Waals surface area (Å²) in [6.07, 6.45) is 3.13. The number of aromatic nitrogens is 5. The summed E-state index contributed by atoms with van der Waals surface area (Å²) in [4.78, 5) is 31.8. The zero-order valence-corrected chi connectivity index (χ0v) is 14.6. The summed E-state index contributed by atoms with van der Waals surface area (Å²) in [6.45, 7) is 2.03. The summed E-state index contributed by atoms with van der Waals surface area (Å²) in [5.41, 5.74) is 1.77. The van der Waals surface area contributed by atoms with E-state index < -0.39 is 0 Å². The van der Waals surface area contributed by atoms with Gasteiger partial charge < -0.3 is 14.9 Å². The summed E-state index contributed by atoms with van der Waals surface area (Å²) in [6, 6.07) is 5.27. The van der Waals surface area contributed by atoms with Gasteiger partial charge in [0.05, 0.1) is 23.4 Å². The van der Waals surface area contributed by atoms with Crippen LogP contribution in [0.15, 0.2) is 35.5 Å². The summed E-state index contributed by atoms with van der Waals surface area (Å²) in [5.74, 6) is 0.299. The third-order valence-corrected chi connectivity index (χ3v) is 4.48. The molecule has 132 valence electrons. The predicted octanol–water partition coefficient (Wildman–Crippen LogP) is 2.59. The number of rotatable bonds is 4. The van der Waals surface area contributed by atoms with Crippen molar-refractivity contribution >= 4 is 45.1 Å². The van der Waals surface area contributed by atoms with Crippen LogP contribution < -0.4 is 10.9 Å². The Morgan fingerprint density at radius 1 is 1.38 bits per heavy atom. The third-order valence-electron chi connectivity index (χ3n) is 4.25. The lowest BCUT2D eigenvalue weighted by molar-refractivity contribution is -0.116. The number of hydrogen-bond donors (Lipinski definition) is 3. The van der Waals surface area contributed by atoms with Crippen molar-refractivity contribution in [2.75, 3.05) is 5.32 Å². The van der Waals surface area contributed by atoms with Crippen LogP contribution in [0.3, 0.4) is 0 Å². The van der Waals surface area contributed by atoms with Gasteiger partial charge in [0.15, 0.2) is 0 Å². The molecule has 1 amide bonds. The Balaban J connectivity index is 1.75. The van der Waals surface area contributed by atoms with Gasteiger partial charge in [-0.05, 0) is 25.1 Å². The summed E-state index contributed by atoms with van der Waals surface area (Å²) < 4.78 is 1.59. The zero-order chi connectivity index (χ0) is 18.3. The van der Waals surface area contributed by atoms with Gasteiger partial charge in [0.2, 0.25) is 5.91 Å². The second-order valence-corrected chi connectivity index (χ2v) is 6.39. The number of pyridine rings is 1. The molecule has 3 heterocycles. The molecule has 26 heavy (non-hydrogen) atoms. The number of nitrogens with zero attached hydrogens (tertiary/aromatic N) is 3. The van der Waals surface area contributed by atoms with Crippen LogP contribution >= 0.6 is 11.6 Å². The van der Waals surface area contributed by atoms with E-state index in [1.54, 1.807) is 29.7 Å². The van der Waals surface area contributed by atoms with E-state index in [0.29, 0.717) is 33.0 Å². The first kappa shape index (κ1) is 16.3. The molecule has 1 aromatic carbocycles. The minimum Gasteiger partial charge on any atom is -0.331 e. The molecule has 0 aliphatic carbocycles. The van der Waals surface area contributed by atoms with Crippen molar-refractivity contribution in [2.24, 2.45) is 0 Å². The fourth-order valence-electron chi connectivity index (χ4n) is 3.04. The van der Waals surface area contributed by atoms with Gasteiger partial charge in [0.1, 0.15) is 11.3 Å². The van der Waals surface area contributed by atoms with Gasteiger partial charge in [-0.2, -0.15) is 5.10 Å². The van der Waals surface area contributed by atoms with Crippen molar-refractivity contribution in [3.63, 3.8) is 0 Å². The number of carbonyl (C=O) groups excluding carboxylic acids is 1. The first-order valence-corrected chi connectivity index (χ1v) is 8.37. The number of halogens is 1. The lowest BCUT2D eigenvalue weighted by Crippen LogP contribution is -2.24. The molecule has 0 aliphatic rings. The Morgan fingerprint density at radius 2 is 2.23 bits per heavy atom. The number of amides is 1. The number of H-pyrrole nitrogens is 2. The predicted molar refractivity (Wildman–Crippen MR) is 99.4 cm³/mol. The van der Waals surface area contributed by atoms with E-state index in [4.69, 9.17) is 11.6 Å². The number of benzene rings is 1. The van der Waals surface area contributed by atoms with E-state index in [1.807, 2.05) is 0 Å². The molecule has 9 heteroatoms. The topological polar surface area (TPSA) is 108 Å². The molecule has 0 atom stereocenters. The van der Waals surface area contributed by atoms with Crippen LogP contribution in [0.1, 0.15) is 12.1 Å². The minimum atomic E-state index is -0.215. The molecule has 0 radical (unpaired) electrons. The largest absolute Gasteiger partial charge is 0.331 e. The molecule has 8 nitrogen and oxygen atoms in total. The van der Waals surface area contributed by atoms with Crippen LogP contribution in [-0.2, 0) is 11.3 Å². The van der Waals surface area contributed by atoms with E-state index in [-0.39, 0.29) is 24.4 Å². The Bertz CT molecular complexity index is 1180. The Hall–Kier alpha value is -3.13. The van der Waals surface area contributed by atoms with Crippen LogP contribution in [0.4, 0.5) is 5.82 Å². The number of anilines is 1. The lowest BCUT2D eigenvalue weighted by atomic mass is 10.1. The maximum atomic E-state index is 13.0. The maximum absolute atomic E-state index is 13.0. The number of fused-ring (bicyclic) bond motifs is 3. The van der Waals surface area contributed by atoms with Crippen molar-refractivity contribution in [3.8, 4) is 0 Å². The van der Waals surface area contributed by atoms with E-state index in [9.17, 15) is 9.59 Å². The molecule has 3 N–H and O–H groups in total. The second-order valence-electron chi connectivity index (χ2n) is 5.95. The molecular weight excluding hydrogens is 356 g/mol. The Labute approximate surface area is 152 Å². The lowest BCUT2D eigenvalue weighted by Gasteiger charge is -2.11. The Morgan fingerprint density at radius 3 is 3.00 bits per heavy atom. The van der Waals surface area contributed by atoms with Crippen LogP contribution in [0, 0.1) is 6.92 Å². The van der Waals surface area contributed by atoms with Crippen LogP contribution in [0.5, 0.6) is 0 Å². The maximum Gasteiger partial charge on any atom is 0.262 e. The monoisotopic (exact) mass is 370 g/mol. The molecule has 4 rings (SSSR count). The van der Waals surface area contributed by atoms with Crippen molar-refractivity contribution in [1.29, 1.82) is 0 Å². The number of aryl methyl sites for hydroxylation is 2. The number of hydrogen-bond acceptors (Lipinski definition) is 4. The number of imidazole rings is 1. The highest BCUT2D eigenvalue weighted by molar-refractivity contribution is 6.31. The van der Waals surface area contributed by atoms with Crippen molar-refractivity contribution in [3.05, 3.63) is 51.8 Å². The van der Waals surface area contributed by atoms with Crippen LogP contribution in [0.2, 0.25) is 5.02 Å². The number of nitrogens with one attached hydrogen (secondary N) is 3. The fourth-order valence-corrected chi connectivity index (χ4v) is 3.21. The highest BCUT2D eigenvalue weighted by Gasteiger charge is 2.16. The molecule has 0 saturated carbocycles. The minimum absolute atomic E-state index is 0.138. The zero-order valence-electron chi connectivity index (χ0n) is 13.8. The summed E-state index contributed by atoms with van der Waals surface area (Å²) >= 11 is 6.13. The molecule has 0 spiro atoms. The smallest absolute Gasteiger partial charge is 0.262 e. The van der Waals surface area contributed by atoms with Crippen molar-refractivity contribution < 1.29 is 4.79 Å². The highest BCUT2D eigenvalue weighted by atomic mass is 35.5. The summed E-state index contributed by atoms with van der Waals surface area (Å²) in [7, 11) is 0. The molecule has 0 fully saturated rings. The molecule has 0 bridgehead atoms. The van der Waals surface area contributed by atoms with Gasteiger partial charge >= 0.3 is 0 Å². The molecule has 3 aromatic heterocycles. The van der Waals surface area contributed by atoms with E-state index in [1.165, 1.54) is 12.5 Å². The van der Waals surface area contributed by atoms with E-state index >= 15 is 0 Å². The van der Waals surface area contributed by atoms with E-state index in [0.717, 1.165) is 5.39 Å². The normalized spacial score (nSPS) is 11.3. The standard InChI is InChI=1S/C17H15ClN6O2/c1-9-15-16(23-22-9)11-6-10(18)2-3-12(11)24(17(15)26)5-4-14(25)21-13-7-19-8-20-13/h2-3,6-8H,4-5H2,1H3,(H,19,20)(H,21,25)(H,22,23). The molecule has 0 saturated heterocycles. The summed E-state index contributed by atoms with van der Waals surface area (Å²) in [5, 5.41) is 11.6. The van der Waals surface area contributed by atoms with Gasteiger partial charge in [-0.1, -0.05) is 11.6 Å². The average Bonchev–Trinajstić information content (AvgIpc) is 3.25. The first-order valence-electron chi connectivity index (χ1n) is 7.99. The number of aromatic amines is 2. The van der Waals surface area contributed by atoms with Crippen LogP contribution in [0.25, 0.3) is 21.8 Å². The first-order chi connectivity index (χ1) is 12.5. The molecule has 0 unspecified atom stereocenters. The quantitative estimate of drug-likeness (QED) is 0.513. The van der Waals surface area contributed by atoms with Crippen molar-refractivity contribution in [1.82, 2.24) is 24.7 Å². The van der Waals surface area contributed by atoms with Gasteiger partial charge in [-0.25, -0.2) is 4.98 Å². The van der Waals surface area contributed by atoms with E-state index in [2.05, 4.69) is 25.5 Å². The third kappa shape index (κ3) is 2.74. The SMILES string of the molecule is Cc1[nH]nc2c1c(=O)n(CCC(=O)Nc1cnc[nH]1)c1ccc(Cl)cc21. The molecule has 4 aromatic rings. The van der Waals surface area contributed by atoms with Gasteiger partial charge in [0, 0.05) is 29.1 Å². The van der Waals surface area contributed by atoms with Gasteiger partial charge in [0.25, 0.3) is 5.56 Å². The Kier molecular flexibility index (Phi) is 3.96. The second kappa shape index (κ2) is 6.30. The van der Waals surface area contributed by atoms with Gasteiger partial charge in [-0.3, -0.25) is 14.7 Å². The number of carbonyl (C=O) groups is 1. The molecular formula is C17H15ClN6O2. The van der Waals surface area contributed by atoms with Gasteiger partial charge in [-0.15, -0.1) is 0 Å². The highest BCUT2D eigenvalue weighted by Crippen LogP contribution is 2.25. The average molecular weight is 371 g/mol. The van der Waals surface area contributed by atoms with Crippen molar-refractivity contribution in [2.45, 2.75) is 19.9 Å². The molecule has 0 aliphatic heterocycles.